The lowest BCUT2D eigenvalue weighted by molar-refractivity contribution is 0.0953. The summed E-state index contributed by atoms with van der Waals surface area (Å²) in [6, 6.07) is 1.74. The Morgan fingerprint density at radius 1 is 1.41 bits per heavy atom. The van der Waals surface area contributed by atoms with E-state index in [4.69, 9.17) is 4.74 Å². The van der Waals surface area contributed by atoms with E-state index in [-0.39, 0.29) is 5.91 Å². The normalized spacial score (nSPS) is 10.2. The number of halogens is 1. The topological polar surface area (TPSA) is 63.2 Å². The van der Waals surface area contributed by atoms with Crippen LogP contribution >= 0.6 is 15.9 Å². The van der Waals surface area contributed by atoms with Crippen LogP contribution in [0.15, 0.2) is 22.9 Å². The molecule has 0 aliphatic rings. The molecule has 0 saturated heterocycles. The first-order valence-electron chi connectivity index (χ1n) is 5.32. The van der Waals surface area contributed by atoms with Crippen LogP contribution in [0, 0.1) is 0 Å². The van der Waals surface area contributed by atoms with Gasteiger partial charge in [0.2, 0.25) is 0 Å². The van der Waals surface area contributed by atoms with Crippen LogP contribution in [0.25, 0.3) is 0 Å². The van der Waals surface area contributed by atoms with Crippen LogP contribution in [0.3, 0.4) is 0 Å². The third kappa shape index (κ3) is 5.76. The molecule has 2 N–H and O–H groups in total. The number of nitrogens with one attached hydrogen (secondary N) is 2. The first-order valence-corrected chi connectivity index (χ1v) is 6.11. The molecule has 17 heavy (non-hydrogen) atoms. The molecule has 0 fully saturated rings. The maximum atomic E-state index is 11.7. The van der Waals surface area contributed by atoms with Crippen LogP contribution in [0.5, 0.6) is 0 Å². The molecule has 0 saturated carbocycles. The molecule has 1 aromatic rings. The fourth-order valence-corrected chi connectivity index (χ4v) is 1.57. The number of pyridine rings is 1. The first kappa shape index (κ1) is 14.1. The molecule has 0 aromatic carbocycles. The summed E-state index contributed by atoms with van der Waals surface area (Å²) in [5, 5.41) is 5.94. The predicted molar refractivity (Wildman–Crippen MR) is 69.0 cm³/mol. The molecule has 0 aliphatic carbocycles. The maximum Gasteiger partial charge on any atom is 0.252 e. The van der Waals surface area contributed by atoms with Crippen molar-refractivity contribution in [3.05, 3.63) is 28.5 Å². The van der Waals surface area contributed by atoms with Crippen LogP contribution in [0.1, 0.15) is 10.4 Å². The third-order valence-electron chi connectivity index (χ3n) is 2.04. The van der Waals surface area contributed by atoms with Crippen LogP contribution in [0.4, 0.5) is 0 Å². The van der Waals surface area contributed by atoms with Gasteiger partial charge in [0.1, 0.15) is 0 Å². The minimum Gasteiger partial charge on any atom is -0.383 e. The summed E-state index contributed by atoms with van der Waals surface area (Å²) in [6.45, 7) is 2.75. The van der Waals surface area contributed by atoms with Gasteiger partial charge in [-0.15, -0.1) is 0 Å². The van der Waals surface area contributed by atoms with Gasteiger partial charge in [-0.1, -0.05) is 0 Å². The van der Waals surface area contributed by atoms with Crippen molar-refractivity contribution in [2.75, 3.05) is 33.4 Å². The van der Waals surface area contributed by atoms with Gasteiger partial charge in [0.25, 0.3) is 5.91 Å². The number of nitrogens with zero attached hydrogens (tertiary/aromatic N) is 1. The number of carbonyl (C=O) groups is 1. The molecular weight excluding hydrogens is 286 g/mol. The van der Waals surface area contributed by atoms with Crippen molar-refractivity contribution in [1.82, 2.24) is 15.6 Å². The molecule has 1 heterocycles. The van der Waals surface area contributed by atoms with E-state index < -0.39 is 0 Å². The number of methoxy groups -OCH3 is 1. The molecule has 1 aromatic heterocycles. The lowest BCUT2D eigenvalue weighted by Gasteiger charge is -2.06. The number of hydrogen-bond acceptors (Lipinski definition) is 4. The minimum absolute atomic E-state index is 0.118. The molecule has 0 unspecified atom stereocenters. The molecule has 5 nitrogen and oxygen atoms in total. The number of rotatable bonds is 7. The van der Waals surface area contributed by atoms with E-state index in [1.54, 1.807) is 25.6 Å². The number of amides is 1. The van der Waals surface area contributed by atoms with E-state index in [1.807, 2.05) is 0 Å². The molecule has 0 bridgehead atoms. The summed E-state index contributed by atoms with van der Waals surface area (Å²) in [5.41, 5.74) is 0.552. The van der Waals surface area contributed by atoms with E-state index in [0.717, 1.165) is 17.6 Å². The Kier molecular flexibility index (Phi) is 6.76. The molecule has 1 rings (SSSR count). The molecule has 0 radical (unpaired) electrons. The molecule has 1 amide bonds. The number of aromatic nitrogens is 1. The largest absolute Gasteiger partial charge is 0.383 e. The Balaban J connectivity index is 2.21. The number of ether oxygens (including phenoxy) is 1. The highest BCUT2D eigenvalue weighted by molar-refractivity contribution is 9.10. The molecule has 94 valence electrons. The second-order valence-corrected chi connectivity index (χ2v) is 4.31. The van der Waals surface area contributed by atoms with E-state index in [2.05, 4.69) is 31.5 Å². The highest BCUT2D eigenvalue weighted by Gasteiger charge is 2.04. The van der Waals surface area contributed by atoms with Crippen molar-refractivity contribution < 1.29 is 9.53 Å². The summed E-state index contributed by atoms with van der Waals surface area (Å²) >= 11 is 3.27. The van der Waals surface area contributed by atoms with Crippen LogP contribution in [-0.2, 0) is 4.74 Å². The fourth-order valence-electron chi connectivity index (χ4n) is 1.20. The average molecular weight is 302 g/mol. The van der Waals surface area contributed by atoms with Gasteiger partial charge in [0.15, 0.2) is 0 Å². The average Bonchev–Trinajstić information content (AvgIpc) is 2.33. The number of hydrogen-bond donors (Lipinski definition) is 2. The summed E-state index contributed by atoms with van der Waals surface area (Å²) in [5.74, 6) is -0.118. The van der Waals surface area contributed by atoms with Gasteiger partial charge in [0.05, 0.1) is 12.2 Å². The molecule has 0 atom stereocenters. The zero-order chi connectivity index (χ0) is 12.5. The standard InChI is InChI=1S/C11H16BrN3O2/c1-17-5-4-13-2-3-15-11(16)9-6-10(12)8-14-7-9/h6-8,13H,2-5H2,1H3,(H,15,16). The molecule has 0 aliphatic heterocycles. The van der Waals surface area contributed by atoms with Crippen LogP contribution in [-0.4, -0.2) is 44.2 Å². The SMILES string of the molecule is COCCNCCNC(=O)c1cncc(Br)c1. The van der Waals surface area contributed by atoms with Crippen molar-refractivity contribution in [2.24, 2.45) is 0 Å². The van der Waals surface area contributed by atoms with Gasteiger partial charge in [-0.25, -0.2) is 0 Å². The first-order chi connectivity index (χ1) is 8.24. The van der Waals surface area contributed by atoms with E-state index in [1.165, 1.54) is 0 Å². The Labute approximate surface area is 109 Å². The quantitative estimate of drug-likeness (QED) is 0.732. The highest BCUT2D eigenvalue weighted by Crippen LogP contribution is 2.08. The lowest BCUT2D eigenvalue weighted by atomic mass is 10.3. The van der Waals surface area contributed by atoms with Gasteiger partial charge < -0.3 is 15.4 Å². The zero-order valence-corrected chi connectivity index (χ0v) is 11.3. The monoisotopic (exact) mass is 301 g/mol. The summed E-state index contributed by atoms with van der Waals surface area (Å²) in [7, 11) is 1.66. The van der Waals surface area contributed by atoms with Crippen molar-refractivity contribution in [3.63, 3.8) is 0 Å². The van der Waals surface area contributed by atoms with Crippen molar-refractivity contribution in [1.29, 1.82) is 0 Å². The summed E-state index contributed by atoms with van der Waals surface area (Å²) in [4.78, 5) is 15.6. The molecule has 6 heteroatoms. The number of carbonyl (C=O) groups excluding carboxylic acids is 1. The Bertz CT molecular complexity index is 360. The second kappa shape index (κ2) is 8.16. The van der Waals surface area contributed by atoms with Crippen molar-refractivity contribution in [2.45, 2.75) is 0 Å². The van der Waals surface area contributed by atoms with Gasteiger partial charge >= 0.3 is 0 Å². The molecular formula is C11H16BrN3O2. The van der Waals surface area contributed by atoms with Crippen LogP contribution in [0.2, 0.25) is 0 Å². The van der Waals surface area contributed by atoms with Gasteiger partial charge in [-0.3, -0.25) is 9.78 Å². The Morgan fingerprint density at radius 2 is 2.24 bits per heavy atom. The van der Waals surface area contributed by atoms with Crippen molar-refractivity contribution in [3.8, 4) is 0 Å². The van der Waals surface area contributed by atoms with Gasteiger partial charge in [-0.05, 0) is 22.0 Å². The van der Waals surface area contributed by atoms with E-state index >= 15 is 0 Å². The van der Waals surface area contributed by atoms with E-state index in [9.17, 15) is 4.79 Å². The highest BCUT2D eigenvalue weighted by atomic mass is 79.9. The predicted octanol–water partition coefficient (Wildman–Crippen LogP) is 0.810. The Hall–Kier alpha value is -0.980. The zero-order valence-electron chi connectivity index (χ0n) is 9.70. The second-order valence-electron chi connectivity index (χ2n) is 3.39. The Morgan fingerprint density at radius 3 is 2.94 bits per heavy atom. The summed E-state index contributed by atoms with van der Waals surface area (Å²) < 4.78 is 5.68. The van der Waals surface area contributed by atoms with E-state index in [0.29, 0.717) is 18.7 Å². The van der Waals surface area contributed by atoms with Crippen LogP contribution < -0.4 is 10.6 Å². The van der Waals surface area contributed by atoms with Gasteiger partial charge in [0, 0.05) is 43.6 Å². The third-order valence-corrected chi connectivity index (χ3v) is 2.47. The van der Waals surface area contributed by atoms with Gasteiger partial charge in [-0.2, -0.15) is 0 Å². The minimum atomic E-state index is -0.118. The maximum absolute atomic E-state index is 11.7. The smallest absolute Gasteiger partial charge is 0.252 e. The van der Waals surface area contributed by atoms with Crippen molar-refractivity contribution >= 4 is 21.8 Å². The fraction of sp³-hybridized carbons (Fsp3) is 0.455. The lowest BCUT2D eigenvalue weighted by Crippen LogP contribution is -2.33. The summed E-state index contributed by atoms with van der Waals surface area (Å²) in [6.07, 6.45) is 3.18. The molecule has 0 spiro atoms.